The molecule has 0 bridgehead atoms. The Kier molecular flexibility index (Phi) is 3.23. The Balaban J connectivity index is 2.13. The summed E-state index contributed by atoms with van der Waals surface area (Å²) >= 11 is 0. The summed E-state index contributed by atoms with van der Waals surface area (Å²) in [5.41, 5.74) is 3.63. The largest absolute Gasteiger partial charge is 0.457 e. The van der Waals surface area contributed by atoms with Gasteiger partial charge in [-0.05, 0) is 23.6 Å². The van der Waals surface area contributed by atoms with Crippen molar-refractivity contribution in [2.24, 2.45) is 5.92 Å². The maximum Gasteiger partial charge on any atom is 0.131 e. The smallest absolute Gasteiger partial charge is 0.131 e. The van der Waals surface area contributed by atoms with Gasteiger partial charge in [0.2, 0.25) is 0 Å². The van der Waals surface area contributed by atoms with Crippen LogP contribution in [0.5, 0.6) is 11.5 Å². The number of hydrogen-bond acceptors (Lipinski definition) is 1. The third-order valence-corrected chi connectivity index (χ3v) is 4.94. The van der Waals surface area contributed by atoms with E-state index in [1.54, 1.807) is 0 Å². The molecule has 0 spiro atoms. The van der Waals surface area contributed by atoms with Crippen LogP contribution in [0, 0.1) is 5.92 Å². The molecule has 1 heterocycles. The molecule has 1 nitrogen and oxygen atoms in total. The molecule has 0 aromatic heterocycles. The second-order valence-corrected chi connectivity index (χ2v) is 6.42. The van der Waals surface area contributed by atoms with Gasteiger partial charge >= 0.3 is 0 Å². The van der Waals surface area contributed by atoms with Crippen molar-refractivity contribution in [2.75, 3.05) is 0 Å². The molecule has 0 atom stereocenters. The molecule has 0 amide bonds. The Morgan fingerprint density at radius 2 is 1.13 bits per heavy atom. The van der Waals surface area contributed by atoms with E-state index in [0.29, 0.717) is 5.92 Å². The summed E-state index contributed by atoms with van der Waals surface area (Å²) in [7, 11) is 0. The van der Waals surface area contributed by atoms with E-state index in [1.807, 2.05) is 12.1 Å². The minimum atomic E-state index is -0.188. The zero-order valence-electron chi connectivity index (χ0n) is 13.5. The van der Waals surface area contributed by atoms with Gasteiger partial charge in [0.15, 0.2) is 0 Å². The van der Waals surface area contributed by atoms with Gasteiger partial charge in [-0.1, -0.05) is 80.6 Å². The van der Waals surface area contributed by atoms with Crippen LogP contribution >= 0.6 is 0 Å². The zero-order valence-corrected chi connectivity index (χ0v) is 13.5. The average Bonchev–Trinajstić information content (AvgIpc) is 2.60. The minimum absolute atomic E-state index is 0.188. The van der Waals surface area contributed by atoms with Crippen molar-refractivity contribution < 1.29 is 4.74 Å². The Morgan fingerprint density at radius 1 is 0.652 bits per heavy atom. The summed E-state index contributed by atoms with van der Waals surface area (Å²) in [6, 6.07) is 27.7. The molecular weight excluding hydrogens is 280 g/mol. The normalized spacial score (nSPS) is 14.7. The Morgan fingerprint density at radius 3 is 1.65 bits per heavy atom. The van der Waals surface area contributed by atoms with Crippen LogP contribution in [-0.2, 0) is 5.41 Å². The van der Waals surface area contributed by atoms with E-state index >= 15 is 0 Å². The second-order valence-electron chi connectivity index (χ2n) is 6.42. The highest BCUT2D eigenvalue weighted by molar-refractivity contribution is 5.63. The number of hydrogen-bond donors (Lipinski definition) is 0. The van der Waals surface area contributed by atoms with E-state index in [0.717, 1.165) is 11.5 Å². The maximum atomic E-state index is 6.20. The molecule has 1 heteroatoms. The summed E-state index contributed by atoms with van der Waals surface area (Å²) in [4.78, 5) is 0. The average molecular weight is 300 g/mol. The lowest BCUT2D eigenvalue weighted by Crippen LogP contribution is -2.37. The highest BCUT2D eigenvalue weighted by Gasteiger charge is 2.45. The first-order valence-corrected chi connectivity index (χ1v) is 8.17. The van der Waals surface area contributed by atoms with Crippen molar-refractivity contribution in [1.29, 1.82) is 0 Å². The molecule has 3 aromatic carbocycles. The molecule has 23 heavy (non-hydrogen) atoms. The SMILES string of the molecule is CC(C)C1(c2ccccc2)c2ccccc2Oc2ccccc21. The second kappa shape index (κ2) is 5.27. The van der Waals surface area contributed by atoms with Crippen molar-refractivity contribution in [2.45, 2.75) is 19.3 Å². The first kappa shape index (κ1) is 14.1. The van der Waals surface area contributed by atoms with E-state index in [2.05, 4.69) is 80.6 Å². The van der Waals surface area contributed by atoms with Gasteiger partial charge in [-0.25, -0.2) is 0 Å². The monoisotopic (exact) mass is 300 g/mol. The number of benzene rings is 3. The fraction of sp³-hybridized carbons (Fsp3) is 0.182. The molecule has 114 valence electrons. The van der Waals surface area contributed by atoms with Gasteiger partial charge in [-0.15, -0.1) is 0 Å². The number of rotatable bonds is 2. The van der Waals surface area contributed by atoms with Crippen LogP contribution in [0.2, 0.25) is 0 Å². The number of fused-ring (bicyclic) bond motifs is 2. The van der Waals surface area contributed by atoms with Crippen molar-refractivity contribution in [3.63, 3.8) is 0 Å². The van der Waals surface area contributed by atoms with Gasteiger partial charge in [0.05, 0.1) is 5.41 Å². The van der Waals surface area contributed by atoms with Crippen LogP contribution in [0.4, 0.5) is 0 Å². The topological polar surface area (TPSA) is 9.23 Å². The predicted octanol–water partition coefficient (Wildman–Crippen LogP) is 5.78. The van der Waals surface area contributed by atoms with Gasteiger partial charge < -0.3 is 4.74 Å². The van der Waals surface area contributed by atoms with Crippen molar-refractivity contribution in [1.82, 2.24) is 0 Å². The highest BCUT2D eigenvalue weighted by Crippen LogP contribution is 2.55. The van der Waals surface area contributed by atoms with Crippen molar-refractivity contribution >= 4 is 0 Å². The Labute approximate surface area is 137 Å². The molecular formula is C22H20O. The quantitative estimate of drug-likeness (QED) is 0.582. The fourth-order valence-corrected chi connectivity index (χ4v) is 3.99. The van der Waals surface area contributed by atoms with Crippen LogP contribution in [0.1, 0.15) is 30.5 Å². The van der Waals surface area contributed by atoms with E-state index in [-0.39, 0.29) is 5.41 Å². The van der Waals surface area contributed by atoms with E-state index in [4.69, 9.17) is 4.74 Å². The molecule has 0 aliphatic carbocycles. The van der Waals surface area contributed by atoms with Gasteiger partial charge in [-0.3, -0.25) is 0 Å². The third-order valence-electron chi connectivity index (χ3n) is 4.94. The van der Waals surface area contributed by atoms with Crippen LogP contribution < -0.4 is 4.74 Å². The Hall–Kier alpha value is -2.54. The van der Waals surface area contributed by atoms with Gasteiger partial charge in [-0.2, -0.15) is 0 Å². The first-order chi connectivity index (χ1) is 11.2. The van der Waals surface area contributed by atoms with Crippen LogP contribution in [-0.4, -0.2) is 0 Å². The van der Waals surface area contributed by atoms with Gasteiger partial charge in [0.1, 0.15) is 11.5 Å². The molecule has 0 saturated carbocycles. The minimum Gasteiger partial charge on any atom is -0.457 e. The molecule has 0 radical (unpaired) electrons. The summed E-state index contributed by atoms with van der Waals surface area (Å²) in [6.45, 7) is 4.60. The molecule has 4 rings (SSSR count). The number of ether oxygens (including phenoxy) is 1. The highest BCUT2D eigenvalue weighted by atomic mass is 16.5. The lowest BCUT2D eigenvalue weighted by molar-refractivity contribution is 0.361. The maximum absolute atomic E-state index is 6.20. The number of para-hydroxylation sites is 2. The zero-order chi connectivity index (χ0) is 15.9. The molecule has 0 unspecified atom stereocenters. The Bertz CT molecular complexity index is 788. The predicted molar refractivity (Wildman–Crippen MR) is 94.1 cm³/mol. The van der Waals surface area contributed by atoms with Crippen LogP contribution in [0.25, 0.3) is 0 Å². The first-order valence-electron chi connectivity index (χ1n) is 8.17. The lowest BCUT2D eigenvalue weighted by atomic mass is 9.61. The molecule has 3 aromatic rings. The van der Waals surface area contributed by atoms with E-state index in [1.165, 1.54) is 16.7 Å². The van der Waals surface area contributed by atoms with Crippen molar-refractivity contribution in [3.8, 4) is 11.5 Å². The van der Waals surface area contributed by atoms with Crippen molar-refractivity contribution in [3.05, 3.63) is 95.6 Å². The molecule has 0 fully saturated rings. The summed E-state index contributed by atoms with van der Waals surface area (Å²) in [5.74, 6) is 2.32. The molecule has 0 saturated heterocycles. The van der Waals surface area contributed by atoms with Gasteiger partial charge in [0, 0.05) is 11.1 Å². The summed E-state index contributed by atoms with van der Waals surface area (Å²) < 4.78 is 6.20. The van der Waals surface area contributed by atoms with Crippen LogP contribution in [0.15, 0.2) is 78.9 Å². The van der Waals surface area contributed by atoms with Gasteiger partial charge in [0.25, 0.3) is 0 Å². The summed E-state index contributed by atoms with van der Waals surface area (Å²) in [5, 5.41) is 0. The molecule has 0 N–H and O–H groups in total. The fourth-order valence-electron chi connectivity index (χ4n) is 3.99. The van der Waals surface area contributed by atoms with Crippen LogP contribution in [0.3, 0.4) is 0 Å². The molecule has 1 aliphatic rings. The standard InChI is InChI=1S/C22H20O/c1-16(2)22(17-10-4-3-5-11-17)18-12-6-8-14-20(18)23-21-15-9-7-13-19(21)22/h3-16H,1-2H3. The lowest BCUT2D eigenvalue weighted by Gasteiger charge is -2.44. The summed E-state index contributed by atoms with van der Waals surface area (Å²) in [6.07, 6.45) is 0. The van der Waals surface area contributed by atoms with E-state index < -0.39 is 0 Å². The third kappa shape index (κ3) is 1.93. The molecule has 1 aliphatic heterocycles. The van der Waals surface area contributed by atoms with E-state index in [9.17, 15) is 0 Å².